The Morgan fingerprint density at radius 1 is 0.882 bits per heavy atom. The predicted octanol–water partition coefficient (Wildman–Crippen LogP) is 0.781. The maximum atomic E-state index is 8.88. The van der Waals surface area contributed by atoms with E-state index in [2.05, 4.69) is 0 Å². The van der Waals surface area contributed by atoms with E-state index >= 15 is 0 Å². The fraction of sp³-hybridized carbons (Fsp3) is 1.00. The Morgan fingerprint density at radius 3 is 1.53 bits per heavy atom. The number of aliphatic hydroxyl groups is 2. The summed E-state index contributed by atoms with van der Waals surface area (Å²) in [6.07, 6.45) is 4.47. The molecule has 0 amide bonds. The Labute approximate surface area is 102 Å². The van der Waals surface area contributed by atoms with Crippen LogP contribution in [0.25, 0.3) is 0 Å². The van der Waals surface area contributed by atoms with Gasteiger partial charge < -0.3 is 24.4 Å². The highest BCUT2D eigenvalue weighted by Crippen LogP contribution is 2.43. The summed E-state index contributed by atoms with van der Waals surface area (Å²) in [5.41, 5.74) is 0. The number of aliphatic hydroxyl groups excluding tert-OH is 2. The second-order valence-corrected chi connectivity index (χ2v) is 4.77. The number of ether oxygens (including phenoxy) is 3. The molecule has 2 aliphatic heterocycles. The van der Waals surface area contributed by atoms with E-state index in [1.165, 1.54) is 0 Å². The van der Waals surface area contributed by atoms with Crippen molar-refractivity contribution in [2.75, 3.05) is 26.4 Å². The number of hydrogen-bond donors (Lipinski definition) is 2. The van der Waals surface area contributed by atoms with Crippen molar-refractivity contribution < 1.29 is 24.4 Å². The molecule has 2 aliphatic rings. The minimum absolute atomic E-state index is 0.152. The van der Waals surface area contributed by atoms with Crippen molar-refractivity contribution >= 4 is 0 Å². The molecule has 5 heteroatoms. The smallest absolute Gasteiger partial charge is 0.174 e. The summed E-state index contributed by atoms with van der Waals surface area (Å²) in [7, 11) is 0. The normalized spacial score (nSPS) is 36.4. The van der Waals surface area contributed by atoms with Gasteiger partial charge in [-0.2, -0.15) is 0 Å². The average Bonchev–Trinajstić information content (AvgIpc) is 2.24. The Kier molecular flexibility index (Phi) is 4.38. The molecule has 2 rings (SSSR count). The molecule has 2 saturated heterocycles. The van der Waals surface area contributed by atoms with Crippen molar-refractivity contribution in [1.82, 2.24) is 0 Å². The zero-order valence-electron chi connectivity index (χ0n) is 10.2. The fourth-order valence-electron chi connectivity index (χ4n) is 2.35. The first-order valence-electron chi connectivity index (χ1n) is 6.44. The van der Waals surface area contributed by atoms with E-state index < -0.39 is 11.6 Å². The first-order chi connectivity index (χ1) is 8.24. The molecule has 0 aromatic heterocycles. The Morgan fingerprint density at radius 2 is 1.29 bits per heavy atom. The standard InChI is InChI=1S/C12H22O5/c13-7-1-3-11(5-9-15-11)17-12(4-2-8-14)6-10-16-12/h13-14H,1-10H2. The van der Waals surface area contributed by atoms with Crippen LogP contribution >= 0.6 is 0 Å². The lowest BCUT2D eigenvalue weighted by atomic mass is 9.98. The van der Waals surface area contributed by atoms with E-state index in [1.807, 2.05) is 0 Å². The Bertz CT molecular complexity index is 211. The van der Waals surface area contributed by atoms with Crippen LogP contribution in [0.2, 0.25) is 0 Å². The van der Waals surface area contributed by atoms with Gasteiger partial charge in [0.15, 0.2) is 11.6 Å². The molecule has 2 unspecified atom stereocenters. The molecule has 100 valence electrons. The van der Waals surface area contributed by atoms with Crippen molar-refractivity contribution in [3.63, 3.8) is 0 Å². The summed E-state index contributed by atoms with van der Waals surface area (Å²) in [4.78, 5) is 0. The molecule has 2 fully saturated rings. The van der Waals surface area contributed by atoms with Gasteiger partial charge in [0.1, 0.15) is 0 Å². The van der Waals surface area contributed by atoms with Gasteiger partial charge in [0.25, 0.3) is 0 Å². The minimum Gasteiger partial charge on any atom is -0.396 e. The summed E-state index contributed by atoms with van der Waals surface area (Å²) in [6, 6.07) is 0. The zero-order valence-corrected chi connectivity index (χ0v) is 10.2. The topological polar surface area (TPSA) is 68.2 Å². The molecule has 0 spiro atoms. The van der Waals surface area contributed by atoms with E-state index in [0.717, 1.165) is 12.8 Å². The highest BCUT2D eigenvalue weighted by atomic mass is 16.8. The maximum absolute atomic E-state index is 8.88. The minimum atomic E-state index is -0.557. The largest absolute Gasteiger partial charge is 0.396 e. The van der Waals surface area contributed by atoms with E-state index in [-0.39, 0.29) is 13.2 Å². The lowest BCUT2D eigenvalue weighted by molar-refractivity contribution is -0.432. The van der Waals surface area contributed by atoms with Gasteiger partial charge in [-0.25, -0.2) is 0 Å². The maximum Gasteiger partial charge on any atom is 0.174 e. The fourth-order valence-corrected chi connectivity index (χ4v) is 2.35. The van der Waals surface area contributed by atoms with Gasteiger partial charge in [0.05, 0.1) is 13.2 Å². The number of hydrogen-bond acceptors (Lipinski definition) is 5. The molecule has 2 heterocycles. The predicted molar refractivity (Wildman–Crippen MR) is 60.3 cm³/mol. The molecular formula is C12H22O5. The van der Waals surface area contributed by atoms with Gasteiger partial charge in [0, 0.05) is 38.9 Å². The third-order valence-electron chi connectivity index (χ3n) is 3.50. The molecule has 2 N–H and O–H groups in total. The zero-order chi connectivity index (χ0) is 12.2. The molecule has 0 aromatic rings. The van der Waals surface area contributed by atoms with Gasteiger partial charge in [-0.05, 0) is 12.8 Å². The molecule has 0 bridgehead atoms. The van der Waals surface area contributed by atoms with Crippen LogP contribution in [0.5, 0.6) is 0 Å². The van der Waals surface area contributed by atoms with Crippen molar-refractivity contribution in [3.8, 4) is 0 Å². The summed E-state index contributed by atoms with van der Waals surface area (Å²) in [6.45, 7) is 1.72. The van der Waals surface area contributed by atoms with E-state index in [4.69, 9.17) is 24.4 Å². The Balaban J connectivity index is 1.87. The van der Waals surface area contributed by atoms with Gasteiger partial charge in [-0.1, -0.05) is 0 Å². The van der Waals surface area contributed by atoms with Gasteiger partial charge >= 0.3 is 0 Å². The van der Waals surface area contributed by atoms with Crippen molar-refractivity contribution in [2.45, 2.75) is 50.1 Å². The van der Waals surface area contributed by atoms with Crippen LogP contribution in [0.3, 0.4) is 0 Å². The lowest BCUT2D eigenvalue weighted by Gasteiger charge is -2.51. The van der Waals surface area contributed by atoms with Crippen LogP contribution in [0.4, 0.5) is 0 Å². The summed E-state index contributed by atoms with van der Waals surface area (Å²) in [5, 5.41) is 17.8. The SMILES string of the molecule is OCCCC1(OC2(CCCO)CCO2)CCO1. The van der Waals surface area contributed by atoms with Crippen LogP contribution in [-0.2, 0) is 14.2 Å². The molecule has 5 nitrogen and oxygen atoms in total. The molecule has 0 aliphatic carbocycles. The monoisotopic (exact) mass is 246 g/mol. The molecule has 0 radical (unpaired) electrons. The number of rotatable bonds is 8. The average molecular weight is 246 g/mol. The molecule has 17 heavy (non-hydrogen) atoms. The van der Waals surface area contributed by atoms with Crippen LogP contribution in [0.1, 0.15) is 38.5 Å². The first kappa shape index (κ1) is 13.2. The van der Waals surface area contributed by atoms with Gasteiger partial charge in [-0.3, -0.25) is 0 Å². The summed E-state index contributed by atoms with van der Waals surface area (Å²) in [5.74, 6) is -1.11. The third-order valence-corrected chi connectivity index (χ3v) is 3.50. The molecular weight excluding hydrogens is 224 g/mol. The van der Waals surface area contributed by atoms with Crippen LogP contribution < -0.4 is 0 Å². The highest BCUT2D eigenvalue weighted by molar-refractivity contribution is 4.86. The van der Waals surface area contributed by atoms with Crippen LogP contribution in [-0.4, -0.2) is 48.2 Å². The molecule has 2 atom stereocenters. The van der Waals surface area contributed by atoms with Crippen molar-refractivity contribution in [1.29, 1.82) is 0 Å². The van der Waals surface area contributed by atoms with E-state index in [9.17, 15) is 0 Å². The van der Waals surface area contributed by atoms with Crippen molar-refractivity contribution in [2.24, 2.45) is 0 Å². The second-order valence-electron chi connectivity index (χ2n) is 4.77. The summed E-state index contributed by atoms with van der Waals surface area (Å²) >= 11 is 0. The van der Waals surface area contributed by atoms with E-state index in [1.54, 1.807) is 0 Å². The summed E-state index contributed by atoms with van der Waals surface area (Å²) < 4.78 is 17.1. The van der Waals surface area contributed by atoms with Crippen molar-refractivity contribution in [3.05, 3.63) is 0 Å². The van der Waals surface area contributed by atoms with Crippen LogP contribution in [0, 0.1) is 0 Å². The van der Waals surface area contributed by atoms with Gasteiger partial charge in [-0.15, -0.1) is 0 Å². The third kappa shape index (κ3) is 2.98. The quantitative estimate of drug-likeness (QED) is 0.662. The second kappa shape index (κ2) is 5.63. The molecule has 0 saturated carbocycles. The molecule has 0 aromatic carbocycles. The Hall–Kier alpha value is -0.200. The van der Waals surface area contributed by atoms with E-state index in [0.29, 0.717) is 38.9 Å². The lowest BCUT2D eigenvalue weighted by Crippen LogP contribution is -2.57. The highest BCUT2D eigenvalue weighted by Gasteiger charge is 2.50. The van der Waals surface area contributed by atoms with Crippen LogP contribution in [0.15, 0.2) is 0 Å². The first-order valence-corrected chi connectivity index (χ1v) is 6.44. The van der Waals surface area contributed by atoms with Gasteiger partial charge in [0.2, 0.25) is 0 Å².